The van der Waals surface area contributed by atoms with Crippen molar-refractivity contribution in [3.8, 4) is 0 Å². The lowest BCUT2D eigenvalue weighted by Crippen LogP contribution is -2.27. The number of rotatable bonds is 6. The van der Waals surface area contributed by atoms with Crippen LogP contribution < -0.4 is 10.5 Å². The van der Waals surface area contributed by atoms with Gasteiger partial charge in [-0.3, -0.25) is 4.79 Å². The number of aromatic nitrogens is 1. The van der Waals surface area contributed by atoms with Crippen LogP contribution in [-0.2, 0) is 27.7 Å². The number of hydrogen-bond acceptors (Lipinski definition) is 5. The minimum Gasteiger partial charge on any atom is -0.451 e. The lowest BCUT2D eigenvalue weighted by atomic mass is 10.1. The average molecular weight is 309 g/mol. The first-order valence-corrected chi connectivity index (χ1v) is 7.75. The average Bonchev–Trinajstić information content (AvgIpc) is 2.91. The third kappa shape index (κ3) is 4.69. The van der Waals surface area contributed by atoms with E-state index in [1.165, 1.54) is 24.8 Å². The molecule has 0 unspecified atom stereocenters. The van der Waals surface area contributed by atoms with Crippen LogP contribution >= 0.6 is 0 Å². The summed E-state index contributed by atoms with van der Waals surface area (Å²) in [6, 6.07) is 6.23. The molecule has 1 heterocycles. The van der Waals surface area contributed by atoms with Gasteiger partial charge in [0.25, 0.3) is 0 Å². The van der Waals surface area contributed by atoms with Crippen molar-refractivity contribution in [1.82, 2.24) is 10.3 Å². The molecule has 112 valence electrons. The Hall–Kier alpha value is -2.19. The smallest absolute Gasteiger partial charge is 0.238 e. The second-order valence-electron chi connectivity index (χ2n) is 4.45. The Morgan fingerprint density at radius 1 is 1.29 bits per heavy atom. The third-order valence-electron chi connectivity index (χ3n) is 2.81. The third-order valence-corrected chi connectivity index (χ3v) is 3.74. The molecule has 0 spiro atoms. The summed E-state index contributed by atoms with van der Waals surface area (Å²) in [5, 5.41) is 7.76. The first-order chi connectivity index (χ1) is 9.95. The number of nitrogens with zero attached hydrogens (tertiary/aromatic N) is 1. The molecule has 0 atom stereocenters. The molecule has 1 aromatic heterocycles. The molecule has 0 radical (unpaired) electrons. The highest BCUT2D eigenvalue weighted by atomic mass is 32.2. The van der Waals surface area contributed by atoms with Gasteiger partial charge >= 0.3 is 0 Å². The highest BCUT2D eigenvalue weighted by molar-refractivity contribution is 7.89. The lowest BCUT2D eigenvalue weighted by molar-refractivity contribution is -0.120. The van der Waals surface area contributed by atoms with Crippen LogP contribution in [0, 0.1) is 0 Å². The number of amides is 1. The van der Waals surface area contributed by atoms with E-state index in [1.807, 2.05) is 0 Å². The van der Waals surface area contributed by atoms with Crippen molar-refractivity contribution < 1.29 is 17.6 Å². The van der Waals surface area contributed by atoms with E-state index < -0.39 is 10.0 Å². The molecule has 0 aliphatic heterocycles. The van der Waals surface area contributed by atoms with Crippen molar-refractivity contribution in [2.24, 2.45) is 5.14 Å². The predicted octanol–water partition coefficient (Wildman–Crippen LogP) is 0.223. The van der Waals surface area contributed by atoms with Crippen LogP contribution in [0.3, 0.4) is 0 Å². The van der Waals surface area contributed by atoms with Gasteiger partial charge in [-0.15, -0.1) is 0 Å². The first kappa shape index (κ1) is 15.2. The monoisotopic (exact) mass is 309 g/mol. The molecule has 0 fully saturated rings. The number of primary sulfonamides is 1. The summed E-state index contributed by atoms with van der Waals surface area (Å²) >= 11 is 0. The maximum absolute atomic E-state index is 11.6. The van der Waals surface area contributed by atoms with Gasteiger partial charge in [-0.05, 0) is 24.1 Å². The molecule has 8 heteroatoms. The first-order valence-electron chi connectivity index (χ1n) is 6.20. The number of oxazole rings is 1. The molecular weight excluding hydrogens is 294 g/mol. The second-order valence-corrected chi connectivity index (χ2v) is 6.01. The van der Waals surface area contributed by atoms with E-state index in [1.54, 1.807) is 12.1 Å². The number of carbonyl (C=O) groups excluding carboxylic acids is 1. The summed E-state index contributed by atoms with van der Waals surface area (Å²) in [7, 11) is -3.67. The van der Waals surface area contributed by atoms with Gasteiger partial charge in [0.2, 0.25) is 15.9 Å². The van der Waals surface area contributed by atoms with Crippen molar-refractivity contribution >= 4 is 15.9 Å². The number of hydrogen-bond donors (Lipinski definition) is 2. The Bertz CT molecular complexity index is 694. The molecule has 1 aromatic carbocycles. The Morgan fingerprint density at radius 3 is 2.57 bits per heavy atom. The summed E-state index contributed by atoms with van der Waals surface area (Å²) in [4.78, 5) is 15.5. The van der Waals surface area contributed by atoms with Crippen LogP contribution in [0.5, 0.6) is 0 Å². The van der Waals surface area contributed by atoms with Crippen molar-refractivity contribution in [3.63, 3.8) is 0 Å². The van der Waals surface area contributed by atoms with Crippen LogP contribution in [0.2, 0.25) is 0 Å². The lowest BCUT2D eigenvalue weighted by Gasteiger charge is -2.05. The van der Waals surface area contributed by atoms with E-state index in [2.05, 4.69) is 10.3 Å². The minimum atomic E-state index is -3.67. The number of benzene rings is 1. The standard InChI is InChI=1S/C13H15N3O4S/c14-21(18,19)12-3-1-10(2-4-12)5-6-15-13(17)7-11-8-20-9-16-11/h1-4,8-9H,5-7H2,(H,15,17)(H2,14,18,19). The quantitative estimate of drug-likeness (QED) is 0.792. The number of sulfonamides is 1. The largest absolute Gasteiger partial charge is 0.451 e. The number of nitrogens with two attached hydrogens (primary N) is 1. The normalized spacial score (nSPS) is 11.3. The van der Waals surface area contributed by atoms with E-state index in [0.29, 0.717) is 18.7 Å². The summed E-state index contributed by atoms with van der Waals surface area (Å²) in [6.07, 6.45) is 3.46. The van der Waals surface area contributed by atoms with Crippen LogP contribution in [0.25, 0.3) is 0 Å². The minimum absolute atomic E-state index is 0.0707. The Kier molecular flexibility index (Phi) is 4.71. The molecule has 0 bridgehead atoms. The topological polar surface area (TPSA) is 115 Å². The summed E-state index contributed by atoms with van der Waals surface area (Å²) in [6.45, 7) is 0.450. The van der Waals surface area contributed by atoms with Gasteiger partial charge in [-0.2, -0.15) is 0 Å². The zero-order chi connectivity index (χ0) is 15.3. The summed E-state index contributed by atoms with van der Waals surface area (Å²) in [5.74, 6) is -0.148. The fraction of sp³-hybridized carbons (Fsp3) is 0.231. The fourth-order valence-electron chi connectivity index (χ4n) is 1.74. The van der Waals surface area contributed by atoms with Gasteiger partial charge in [0.15, 0.2) is 6.39 Å². The molecule has 0 saturated heterocycles. The Morgan fingerprint density at radius 2 is 2.00 bits per heavy atom. The Balaban J connectivity index is 1.79. The molecule has 0 aliphatic carbocycles. The van der Waals surface area contributed by atoms with Gasteiger partial charge in [0, 0.05) is 6.54 Å². The van der Waals surface area contributed by atoms with Gasteiger partial charge in [-0.25, -0.2) is 18.5 Å². The van der Waals surface area contributed by atoms with Crippen LogP contribution in [0.1, 0.15) is 11.3 Å². The molecule has 1 amide bonds. The molecule has 0 saturated carbocycles. The molecule has 3 N–H and O–H groups in total. The van der Waals surface area contributed by atoms with Gasteiger partial charge in [0.05, 0.1) is 17.0 Å². The van der Waals surface area contributed by atoms with E-state index in [4.69, 9.17) is 9.56 Å². The molecule has 2 aromatic rings. The molecule has 0 aliphatic rings. The molecule has 21 heavy (non-hydrogen) atoms. The zero-order valence-corrected chi connectivity index (χ0v) is 12.0. The SMILES string of the molecule is NS(=O)(=O)c1ccc(CCNC(=O)Cc2cocn2)cc1. The van der Waals surface area contributed by atoms with Gasteiger partial charge < -0.3 is 9.73 Å². The van der Waals surface area contributed by atoms with Crippen molar-refractivity contribution in [2.75, 3.05) is 6.54 Å². The van der Waals surface area contributed by atoms with Gasteiger partial charge in [0.1, 0.15) is 6.26 Å². The van der Waals surface area contributed by atoms with Crippen LogP contribution in [-0.4, -0.2) is 25.9 Å². The highest BCUT2D eigenvalue weighted by Crippen LogP contribution is 2.08. The second kappa shape index (κ2) is 6.51. The number of nitrogens with one attached hydrogen (secondary N) is 1. The van der Waals surface area contributed by atoms with Crippen LogP contribution in [0.15, 0.2) is 46.2 Å². The van der Waals surface area contributed by atoms with Gasteiger partial charge in [-0.1, -0.05) is 12.1 Å². The Labute approximate surface area is 122 Å². The van der Waals surface area contributed by atoms with E-state index in [9.17, 15) is 13.2 Å². The zero-order valence-electron chi connectivity index (χ0n) is 11.2. The van der Waals surface area contributed by atoms with E-state index >= 15 is 0 Å². The summed E-state index contributed by atoms with van der Waals surface area (Å²) < 4.78 is 27.0. The summed E-state index contributed by atoms with van der Waals surface area (Å²) in [5.41, 5.74) is 1.48. The van der Waals surface area contributed by atoms with E-state index in [0.717, 1.165) is 5.56 Å². The predicted molar refractivity (Wildman–Crippen MR) is 74.7 cm³/mol. The molecule has 7 nitrogen and oxygen atoms in total. The highest BCUT2D eigenvalue weighted by Gasteiger charge is 2.07. The van der Waals surface area contributed by atoms with Crippen molar-refractivity contribution in [3.05, 3.63) is 48.2 Å². The van der Waals surface area contributed by atoms with Crippen LogP contribution in [0.4, 0.5) is 0 Å². The van der Waals surface area contributed by atoms with Crippen molar-refractivity contribution in [2.45, 2.75) is 17.7 Å². The maximum atomic E-state index is 11.6. The maximum Gasteiger partial charge on any atom is 0.238 e. The molecule has 2 rings (SSSR count). The molecular formula is C13H15N3O4S. The fourth-order valence-corrected chi connectivity index (χ4v) is 2.26. The number of carbonyl (C=O) groups is 1. The van der Waals surface area contributed by atoms with E-state index in [-0.39, 0.29) is 17.2 Å². The van der Waals surface area contributed by atoms with Crippen molar-refractivity contribution in [1.29, 1.82) is 0 Å².